The third-order valence-electron chi connectivity index (χ3n) is 4.81. The Bertz CT molecular complexity index is 351. The highest BCUT2D eigenvalue weighted by atomic mass is 14.8. The van der Waals surface area contributed by atoms with E-state index >= 15 is 0 Å². The summed E-state index contributed by atoms with van der Waals surface area (Å²) < 4.78 is 0. The van der Waals surface area contributed by atoms with Gasteiger partial charge in [0.05, 0.1) is 0 Å². The lowest BCUT2D eigenvalue weighted by Crippen LogP contribution is -2.18. The summed E-state index contributed by atoms with van der Waals surface area (Å²) in [6, 6.07) is 0. The average Bonchev–Trinajstić information content (AvgIpc) is 2.76. The minimum absolute atomic E-state index is 0.857. The topological polar surface area (TPSA) is 12.0 Å². The summed E-state index contributed by atoms with van der Waals surface area (Å²) in [4.78, 5) is 0. The van der Waals surface area contributed by atoms with Gasteiger partial charge in [0.1, 0.15) is 0 Å². The van der Waals surface area contributed by atoms with Crippen LogP contribution in [0.4, 0.5) is 0 Å². The van der Waals surface area contributed by atoms with Crippen LogP contribution in [0.25, 0.3) is 0 Å². The van der Waals surface area contributed by atoms with Crippen molar-refractivity contribution in [2.75, 3.05) is 13.1 Å². The molecule has 0 heterocycles. The summed E-state index contributed by atoms with van der Waals surface area (Å²) in [6.45, 7) is 8.94. The molecule has 0 aromatic heterocycles. The Morgan fingerprint density at radius 1 is 1.32 bits per heavy atom. The third-order valence-corrected chi connectivity index (χ3v) is 4.81. The SMILES string of the molecule is CC=CCCCC1=CCC(CC(CC)CCNCC)CC=C1. The fraction of sp³-hybridized carbons (Fsp3) is 0.714. The highest BCUT2D eigenvalue weighted by Gasteiger charge is 2.15. The van der Waals surface area contributed by atoms with Gasteiger partial charge in [-0.25, -0.2) is 0 Å². The average molecular weight is 304 g/mol. The van der Waals surface area contributed by atoms with Gasteiger partial charge in [-0.1, -0.05) is 56.2 Å². The number of hydrogen-bond acceptors (Lipinski definition) is 1. The molecular weight excluding hydrogens is 266 g/mol. The van der Waals surface area contributed by atoms with Crippen molar-refractivity contribution in [1.29, 1.82) is 0 Å². The lowest BCUT2D eigenvalue weighted by Gasteiger charge is -2.20. The molecule has 0 saturated carbocycles. The first kappa shape index (κ1) is 19.2. The monoisotopic (exact) mass is 303 g/mol. The minimum atomic E-state index is 0.857. The lowest BCUT2D eigenvalue weighted by atomic mass is 9.86. The number of unbranched alkanes of at least 4 members (excludes halogenated alkanes) is 1. The predicted molar refractivity (Wildman–Crippen MR) is 100 cm³/mol. The molecule has 1 aliphatic rings. The van der Waals surface area contributed by atoms with E-state index in [0.717, 1.165) is 18.4 Å². The standard InChI is InChI=1S/C21H37N/c1-4-7-8-9-11-20-12-10-13-21(15-14-20)18-19(5-2)16-17-22-6-3/h4,7,10,12,14,19,21-22H,5-6,8-9,11,13,15-18H2,1-3H3. The number of hydrogen-bond donors (Lipinski definition) is 1. The molecule has 1 aliphatic carbocycles. The fourth-order valence-electron chi connectivity index (χ4n) is 3.31. The number of rotatable bonds is 11. The summed E-state index contributed by atoms with van der Waals surface area (Å²) in [5, 5.41) is 3.47. The molecule has 0 radical (unpaired) electrons. The van der Waals surface area contributed by atoms with Gasteiger partial charge in [0.2, 0.25) is 0 Å². The Morgan fingerprint density at radius 2 is 2.18 bits per heavy atom. The largest absolute Gasteiger partial charge is 0.317 e. The molecule has 0 fully saturated rings. The molecule has 22 heavy (non-hydrogen) atoms. The van der Waals surface area contributed by atoms with Crippen LogP contribution in [0.5, 0.6) is 0 Å². The van der Waals surface area contributed by atoms with Crippen LogP contribution < -0.4 is 5.32 Å². The van der Waals surface area contributed by atoms with Gasteiger partial charge in [0.15, 0.2) is 0 Å². The third kappa shape index (κ3) is 8.58. The van der Waals surface area contributed by atoms with Crippen LogP contribution in [0.15, 0.2) is 36.0 Å². The first-order valence-electron chi connectivity index (χ1n) is 9.47. The molecule has 0 saturated heterocycles. The first-order chi connectivity index (χ1) is 10.8. The van der Waals surface area contributed by atoms with Crippen molar-refractivity contribution >= 4 is 0 Å². The zero-order valence-electron chi connectivity index (χ0n) is 15.1. The van der Waals surface area contributed by atoms with Crippen LogP contribution in [0, 0.1) is 11.8 Å². The molecule has 126 valence electrons. The molecule has 0 aliphatic heterocycles. The maximum Gasteiger partial charge on any atom is -0.00464 e. The minimum Gasteiger partial charge on any atom is -0.317 e. The van der Waals surface area contributed by atoms with Crippen molar-refractivity contribution < 1.29 is 0 Å². The van der Waals surface area contributed by atoms with E-state index in [4.69, 9.17) is 0 Å². The van der Waals surface area contributed by atoms with Gasteiger partial charge in [-0.2, -0.15) is 0 Å². The van der Waals surface area contributed by atoms with Crippen molar-refractivity contribution in [2.45, 2.75) is 72.1 Å². The van der Waals surface area contributed by atoms with Gasteiger partial charge in [0.25, 0.3) is 0 Å². The Morgan fingerprint density at radius 3 is 2.91 bits per heavy atom. The molecule has 1 nitrogen and oxygen atoms in total. The molecule has 0 bridgehead atoms. The van der Waals surface area contributed by atoms with Gasteiger partial charge in [-0.05, 0) is 76.8 Å². The van der Waals surface area contributed by atoms with E-state index in [1.165, 1.54) is 57.9 Å². The van der Waals surface area contributed by atoms with E-state index in [2.05, 4.69) is 56.5 Å². The first-order valence-corrected chi connectivity index (χ1v) is 9.47. The second-order valence-corrected chi connectivity index (χ2v) is 6.63. The van der Waals surface area contributed by atoms with Gasteiger partial charge < -0.3 is 5.32 Å². The second-order valence-electron chi connectivity index (χ2n) is 6.63. The summed E-state index contributed by atoms with van der Waals surface area (Å²) in [5.74, 6) is 1.75. The molecule has 2 unspecified atom stereocenters. The molecule has 1 rings (SSSR count). The van der Waals surface area contributed by atoms with Crippen molar-refractivity contribution in [2.24, 2.45) is 11.8 Å². The molecule has 0 aromatic rings. The van der Waals surface area contributed by atoms with Crippen molar-refractivity contribution in [3.8, 4) is 0 Å². The van der Waals surface area contributed by atoms with Crippen molar-refractivity contribution in [3.63, 3.8) is 0 Å². The highest BCUT2D eigenvalue weighted by molar-refractivity contribution is 5.21. The van der Waals surface area contributed by atoms with Crippen LogP contribution in [-0.2, 0) is 0 Å². The van der Waals surface area contributed by atoms with E-state index in [1.54, 1.807) is 5.57 Å². The predicted octanol–water partition coefficient (Wildman–Crippen LogP) is 6.04. The second kappa shape index (κ2) is 12.7. The zero-order valence-corrected chi connectivity index (χ0v) is 15.1. The van der Waals surface area contributed by atoms with Gasteiger partial charge in [0, 0.05) is 0 Å². The fourth-order valence-corrected chi connectivity index (χ4v) is 3.31. The number of allylic oxidation sites excluding steroid dienone is 6. The van der Waals surface area contributed by atoms with Crippen LogP contribution in [0.2, 0.25) is 0 Å². The summed E-state index contributed by atoms with van der Waals surface area (Å²) >= 11 is 0. The van der Waals surface area contributed by atoms with E-state index in [-0.39, 0.29) is 0 Å². The Labute approximate surface area is 139 Å². The van der Waals surface area contributed by atoms with Gasteiger partial charge in [-0.15, -0.1) is 0 Å². The lowest BCUT2D eigenvalue weighted by molar-refractivity contribution is 0.343. The van der Waals surface area contributed by atoms with E-state index in [1.807, 2.05) is 0 Å². The molecule has 0 amide bonds. The molecule has 0 aromatic carbocycles. The summed E-state index contributed by atoms with van der Waals surface area (Å²) in [7, 11) is 0. The Kier molecular flexibility index (Phi) is 11.1. The molecule has 2 atom stereocenters. The van der Waals surface area contributed by atoms with E-state index < -0.39 is 0 Å². The Balaban J connectivity index is 2.34. The molecule has 1 heteroatoms. The summed E-state index contributed by atoms with van der Waals surface area (Å²) in [6.07, 6.45) is 22.1. The molecular formula is C21H37N. The molecule has 1 N–H and O–H groups in total. The van der Waals surface area contributed by atoms with Crippen LogP contribution in [0.3, 0.4) is 0 Å². The maximum absolute atomic E-state index is 3.47. The van der Waals surface area contributed by atoms with Crippen LogP contribution in [0.1, 0.15) is 72.1 Å². The normalized spacial score (nSPS) is 20.1. The quantitative estimate of drug-likeness (QED) is 0.362. The zero-order chi connectivity index (χ0) is 16.0. The molecule has 0 spiro atoms. The van der Waals surface area contributed by atoms with Crippen molar-refractivity contribution in [3.05, 3.63) is 36.0 Å². The highest BCUT2D eigenvalue weighted by Crippen LogP contribution is 2.28. The van der Waals surface area contributed by atoms with Crippen molar-refractivity contribution in [1.82, 2.24) is 5.32 Å². The van der Waals surface area contributed by atoms with Gasteiger partial charge >= 0.3 is 0 Å². The Hall–Kier alpha value is -0.820. The van der Waals surface area contributed by atoms with E-state index in [0.29, 0.717) is 0 Å². The van der Waals surface area contributed by atoms with Gasteiger partial charge in [-0.3, -0.25) is 0 Å². The summed E-state index contributed by atoms with van der Waals surface area (Å²) in [5.41, 5.74) is 1.56. The van der Waals surface area contributed by atoms with E-state index in [9.17, 15) is 0 Å². The van der Waals surface area contributed by atoms with Crippen LogP contribution >= 0.6 is 0 Å². The van der Waals surface area contributed by atoms with Crippen LogP contribution in [-0.4, -0.2) is 13.1 Å². The maximum atomic E-state index is 3.47. The number of nitrogens with one attached hydrogen (secondary N) is 1. The smallest absolute Gasteiger partial charge is 0.00464 e.